The summed E-state index contributed by atoms with van der Waals surface area (Å²) in [6.07, 6.45) is 4.66. The maximum atomic E-state index is 4.91. The van der Waals surface area contributed by atoms with E-state index in [9.17, 15) is 0 Å². The molecule has 1 aliphatic rings. The van der Waals surface area contributed by atoms with Gasteiger partial charge in [0.15, 0.2) is 0 Å². The molecule has 2 aromatic carbocycles. The van der Waals surface area contributed by atoms with Gasteiger partial charge in [-0.3, -0.25) is 4.99 Å². The summed E-state index contributed by atoms with van der Waals surface area (Å²) in [6, 6.07) is 21.9. The Morgan fingerprint density at radius 3 is 2.38 bits per heavy atom. The van der Waals surface area contributed by atoms with E-state index in [1.54, 1.807) is 0 Å². The first kappa shape index (κ1) is 14.4. The van der Waals surface area contributed by atoms with E-state index in [2.05, 4.69) is 60.7 Å². The van der Waals surface area contributed by atoms with Crippen LogP contribution in [0, 0.1) is 0 Å². The SMILES string of the molecule is c1ccc(CCC2=NC(CSc3ccccc3)CC2)cc1. The van der Waals surface area contributed by atoms with E-state index in [4.69, 9.17) is 4.99 Å². The van der Waals surface area contributed by atoms with E-state index in [1.807, 2.05) is 11.8 Å². The Labute approximate surface area is 131 Å². The molecule has 108 valence electrons. The minimum atomic E-state index is 0.515. The van der Waals surface area contributed by atoms with Crippen LogP contribution < -0.4 is 0 Å². The third-order valence-electron chi connectivity index (χ3n) is 3.86. The van der Waals surface area contributed by atoms with Crippen LogP contribution in [0.3, 0.4) is 0 Å². The lowest BCUT2D eigenvalue weighted by Gasteiger charge is -2.05. The minimum absolute atomic E-state index is 0.515. The van der Waals surface area contributed by atoms with E-state index in [1.165, 1.54) is 29.0 Å². The zero-order chi connectivity index (χ0) is 14.3. The van der Waals surface area contributed by atoms with Crippen LogP contribution in [0.1, 0.15) is 24.8 Å². The average Bonchev–Trinajstić information content (AvgIpc) is 3.01. The lowest BCUT2D eigenvalue weighted by molar-refractivity contribution is 0.749. The molecule has 0 spiro atoms. The summed E-state index contributed by atoms with van der Waals surface area (Å²) in [7, 11) is 0. The van der Waals surface area contributed by atoms with Crippen molar-refractivity contribution in [2.75, 3.05) is 5.75 Å². The fourth-order valence-electron chi connectivity index (χ4n) is 2.67. The molecule has 21 heavy (non-hydrogen) atoms. The molecule has 0 saturated carbocycles. The summed E-state index contributed by atoms with van der Waals surface area (Å²) in [5.74, 6) is 1.11. The second-order valence-electron chi connectivity index (χ2n) is 5.50. The molecule has 0 fully saturated rings. The molecule has 0 aromatic heterocycles. The number of aliphatic imine (C=N–C) groups is 1. The van der Waals surface area contributed by atoms with Crippen LogP contribution in [0.4, 0.5) is 0 Å². The van der Waals surface area contributed by atoms with Gasteiger partial charge in [0.05, 0.1) is 6.04 Å². The van der Waals surface area contributed by atoms with Gasteiger partial charge in [0, 0.05) is 16.4 Å². The smallest absolute Gasteiger partial charge is 0.0596 e. The zero-order valence-electron chi connectivity index (χ0n) is 12.2. The maximum absolute atomic E-state index is 4.91. The molecule has 2 heteroatoms. The topological polar surface area (TPSA) is 12.4 Å². The molecule has 1 heterocycles. The molecule has 2 aromatic rings. The molecule has 1 nitrogen and oxygen atoms in total. The molecule has 0 amide bonds. The third-order valence-corrected chi connectivity index (χ3v) is 5.02. The first-order valence-corrected chi connectivity index (χ1v) is 8.66. The van der Waals surface area contributed by atoms with E-state index < -0.39 is 0 Å². The molecular formula is C19H21NS. The van der Waals surface area contributed by atoms with Crippen molar-refractivity contribution in [1.82, 2.24) is 0 Å². The molecular weight excluding hydrogens is 274 g/mol. The number of rotatable bonds is 6. The van der Waals surface area contributed by atoms with Gasteiger partial charge in [0.1, 0.15) is 0 Å². The van der Waals surface area contributed by atoms with Crippen molar-refractivity contribution in [3.8, 4) is 0 Å². The highest BCUT2D eigenvalue weighted by molar-refractivity contribution is 7.99. The highest BCUT2D eigenvalue weighted by Gasteiger charge is 2.17. The predicted molar refractivity (Wildman–Crippen MR) is 92.4 cm³/mol. The number of thioether (sulfide) groups is 1. The lowest BCUT2D eigenvalue weighted by atomic mass is 10.1. The van der Waals surface area contributed by atoms with Gasteiger partial charge in [0.2, 0.25) is 0 Å². The Balaban J connectivity index is 1.46. The molecule has 0 N–H and O–H groups in total. The largest absolute Gasteiger partial charge is 0.290 e. The van der Waals surface area contributed by atoms with Crippen LogP contribution in [0.5, 0.6) is 0 Å². The number of aryl methyl sites for hydroxylation is 1. The van der Waals surface area contributed by atoms with Crippen molar-refractivity contribution >= 4 is 17.5 Å². The molecule has 0 bridgehead atoms. The summed E-state index contributed by atoms with van der Waals surface area (Å²) < 4.78 is 0. The molecule has 0 saturated heterocycles. The summed E-state index contributed by atoms with van der Waals surface area (Å²) in [4.78, 5) is 6.27. The second kappa shape index (κ2) is 7.46. The molecule has 1 atom stereocenters. The average molecular weight is 295 g/mol. The quantitative estimate of drug-likeness (QED) is 0.682. The molecule has 0 aliphatic carbocycles. The Morgan fingerprint density at radius 2 is 1.62 bits per heavy atom. The van der Waals surface area contributed by atoms with Crippen molar-refractivity contribution in [3.05, 3.63) is 66.2 Å². The van der Waals surface area contributed by atoms with Gasteiger partial charge in [-0.1, -0.05) is 48.5 Å². The maximum Gasteiger partial charge on any atom is 0.0596 e. The van der Waals surface area contributed by atoms with Crippen molar-refractivity contribution in [2.45, 2.75) is 36.6 Å². The van der Waals surface area contributed by atoms with E-state index in [-0.39, 0.29) is 0 Å². The van der Waals surface area contributed by atoms with Crippen LogP contribution in [-0.4, -0.2) is 17.5 Å². The lowest BCUT2D eigenvalue weighted by Crippen LogP contribution is -2.02. The highest BCUT2D eigenvalue weighted by Crippen LogP contribution is 2.24. The van der Waals surface area contributed by atoms with Crippen LogP contribution in [-0.2, 0) is 6.42 Å². The fourth-order valence-corrected chi connectivity index (χ4v) is 3.65. The minimum Gasteiger partial charge on any atom is -0.290 e. The van der Waals surface area contributed by atoms with E-state index in [0.29, 0.717) is 6.04 Å². The number of benzene rings is 2. The Kier molecular flexibility index (Phi) is 5.12. The van der Waals surface area contributed by atoms with Crippen LogP contribution in [0.2, 0.25) is 0 Å². The molecule has 3 rings (SSSR count). The summed E-state index contributed by atoms with van der Waals surface area (Å²) in [5, 5.41) is 0. The van der Waals surface area contributed by atoms with E-state index >= 15 is 0 Å². The van der Waals surface area contributed by atoms with Crippen LogP contribution in [0.15, 0.2) is 70.6 Å². The zero-order valence-corrected chi connectivity index (χ0v) is 13.1. The summed E-state index contributed by atoms with van der Waals surface area (Å²) in [6.45, 7) is 0. The van der Waals surface area contributed by atoms with Gasteiger partial charge in [-0.15, -0.1) is 11.8 Å². The van der Waals surface area contributed by atoms with Crippen molar-refractivity contribution in [3.63, 3.8) is 0 Å². The Hall–Kier alpha value is -1.54. The van der Waals surface area contributed by atoms with Gasteiger partial charge in [-0.05, 0) is 43.4 Å². The summed E-state index contributed by atoms with van der Waals surface area (Å²) in [5.41, 5.74) is 2.83. The normalized spacial score (nSPS) is 17.7. The third kappa shape index (κ3) is 4.47. The van der Waals surface area contributed by atoms with Crippen molar-refractivity contribution in [1.29, 1.82) is 0 Å². The highest BCUT2D eigenvalue weighted by atomic mass is 32.2. The number of hydrogen-bond donors (Lipinski definition) is 0. The summed E-state index contributed by atoms with van der Waals surface area (Å²) >= 11 is 1.93. The number of nitrogens with zero attached hydrogens (tertiary/aromatic N) is 1. The van der Waals surface area contributed by atoms with E-state index in [0.717, 1.165) is 18.6 Å². The van der Waals surface area contributed by atoms with Gasteiger partial charge >= 0.3 is 0 Å². The van der Waals surface area contributed by atoms with Gasteiger partial charge in [0.25, 0.3) is 0 Å². The van der Waals surface area contributed by atoms with Gasteiger partial charge < -0.3 is 0 Å². The first-order chi connectivity index (χ1) is 10.4. The fraction of sp³-hybridized carbons (Fsp3) is 0.316. The van der Waals surface area contributed by atoms with Gasteiger partial charge in [-0.2, -0.15) is 0 Å². The number of hydrogen-bond acceptors (Lipinski definition) is 2. The molecule has 1 unspecified atom stereocenters. The standard InChI is InChI=1S/C19H21NS/c1-3-7-16(8-4-1)11-12-17-13-14-18(20-17)15-21-19-9-5-2-6-10-19/h1-10,18H,11-15H2. The monoisotopic (exact) mass is 295 g/mol. The predicted octanol–water partition coefficient (Wildman–Crippen LogP) is 5.01. The van der Waals surface area contributed by atoms with Crippen LogP contribution in [0.25, 0.3) is 0 Å². The molecule has 1 aliphatic heterocycles. The first-order valence-electron chi connectivity index (χ1n) is 7.67. The van der Waals surface area contributed by atoms with Gasteiger partial charge in [-0.25, -0.2) is 0 Å². The second-order valence-corrected chi connectivity index (χ2v) is 6.59. The van der Waals surface area contributed by atoms with Crippen molar-refractivity contribution < 1.29 is 0 Å². The van der Waals surface area contributed by atoms with Crippen LogP contribution >= 0.6 is 11.8 Å². The van der Waals surface area contributed by atoms with Crippen molar-refractivity contribution in [2.24, 2.45) is 4.99 Å². The molecule has 0 radical (unpaired) electrons. The Morgan fingerprint density at radius 1 is 0.905 bits per heavy atom. The Bertz CT molecular complexity index is 577.